The van der Waals surface area contributed by atoms with Crippen molar-refractivity contribution in [1.82, 2.24) is 4.98 Å². The van der Waals surface area contributed by atoms with Gasteiger partial charge in [0.25, 0.3) is 5.69 Å². The molecule has 6 heteroatoms. The summed E-state index contributed by atoms with van der Waals surface area (Å²) in [5.74, 6) is -1.31. The standard InChI is InChI=1S/C9H6N2O4/c12-9(13)7-4-10-8-3-5(11(14)15)1-2-6(7)8/h1-4,10H,(H,12,13)/p-1. The van der Waals surface area contributed by atoms with Gasteiger partial charge in [0.1, 0.15) is 0 Å². The van der Waals surface area contributed by atoms with E-state index in [-0.39, 0.29) is 11.3 Å². The second-order valence-electron chi connectivity index (χ2n) is 2.98. The number of nitrogens with zero attached hydrogens (tertiary/aromatic N) is 1. The number of aromatic carboxylic acids is 1. The van der Waals surface area contributed by atoms with Crippen molar-refractivity contribution >= 4 is 22.6 Å². The van der Waals surface area contributed by atoms with E-state index in [0.29, 0.717) is 10.9 Å². The van der Waals surface area contributed by atoms with Gasteiger partial charge in [0.15, 0.2) is 0 Å². The van der Waals surface area contributed by atoms with E-state index in [9.17, 15) is 20.0 Å². The molecule has 2 aromatic rings. The quantitative estimate of drug-likeness (QED) is 0.567. The Labute approximate surface area is 83.3 Å². The molecule has 0 aliphatic heterocycles. The maximum atomic E-state index is 10.6. The van der Waals surface area contributed by atoms with Crippen LogP contribution in [0.4, 0.5) is 5.69 Å². The van der Waals surface area contributed by atoms with Crippen LogP contribution in [0.3, 0.4) is 0 Å². The molecule has 0 bridgehead atoms. The van der Waals surface area contributed by atoms with E-state index in [2.05, 4.69) is 4.98 Å². The van der Waals surface area contributed by atoms with Gasteiger partial charge >= 0.3 is 0 Å². The molecule has 0 saturated carbocycles. The Morgan fingerprint density at radius 2 is 2.13 bits per heavy atom. The zero-order valence-corrected chi connectivity index (χ0v) is 7.39. The number of H-pyrrole nitrogens is 1. The predicted molar refractivity (Wildman–Crippen MR) is 49.3 cm³/mol. The van der Waals surface area contributed by atoms with E-state index in [4.69, 9.17) is 0 Å². The lowest BCUT2D eigenvalue weighted by Crippen LogP contribution is -2.21. The molecule has 76 valence electrons. The van der Waals surface area contributed by atoms with Gasteiger partial charge in [0.05, 0.1) is 16.4 Å². The van der Waals surface area contributed by atoms with Crippen molar-refractivity contribution in [1.29, 1.82) is 0 Å². The molecule has 0 spiro atoms. The third-order valence-corrected chi connectivity index (χ3v) is 2.10. The van der Waals surface area contributed by atoms with E-state index in [0.717, 1.165) is 0 Å². The van der Waals surface area contributed by atoms with Crippen molar-refractivity contribution in [2.75, 3.05) is 0 Å². The number of non-ortho nitro benzene ring substituents is 1. The largest absolute Gasteiger partial charge is 0.545 e. The number of rotatable bonds is 2. The van der Waals surface area contributed by atoms with Crippen molar-refractivity contribution in [3.63, 3.8) is 0 Å². The molecule has 0 unspecified atom stereocenters. The monoisotopic (exact) mass is 205 g/mol. The van der Waals surface area contributed by atoms with Crippen LogP contribution in [0.2, 0.25) is 0 Å². The average Bonchev–Trinajstić information content (AvgIpc) is 2.59. The summed E-state index contributed by atoms with van der Waals surface area (Å²) in [4.78, 5) is 23.2. The Balaban J connectivity index is 2.66. The molecular weight excluding hydrogens is 200 g/mol. The highest BCUT2D eigenvalue weighted by molar-refractivity contribution is 6.02. The van der Waals surface area contributed by atoms with Crippen LogP contribution in [-0.2, 0) is 0 Å². The van der Waals surface area contributed by atoms with Crippen LogP contribution in [0.1, 0.15) is 10.4 Å². The summed E-state index contributed by atoms with van der Waals surface area (Å²) in [6.45, 7) is 0. The fourth-order valence-electron chi connectivity index (χ4n) is 1.40. The number of fused-ring (bicyclic) bond motifs is 1. The number of aromatic nitrogens is 1. The summed E-state index contributed by atoms with van der Waals surface area (Å²) in [6.07, 6.45) is 1.25. The third kappa shape index (κ3) is 1.41. The zero-order valence-electron chi connectivity index (χ0n) is 7.39. The Hall–Kier alpha value is -2.37. The van der Waals surface area contributed by atoms with Crippen LogP contribution >= 0.6 is 0 Å². The number of hydrogen-bond donors (Lipinski definition) is 1. The summed E-state index contributed by atoms with van der Waals surface area (Å²) in [5, 5.41) is 21.5. The van der Waals surface area contributed by atoms with Gasteiger partial charge in [-0.15, -0.1) is 0 Å². The van der Waals surface area contributed by atoms with Crippen molar-refractivity contribution in [2.45, 2.75) is 0 Å². The number of nitrogens with one attached hydrogen (secondary N) is 1. The van der Waals surface area contributed by atoms with Crippen LogP contribution in [0, 0.1) is 10.1 Å². The first-order valence-electron chi connectivity index (χ1n) is 4.06. The first-order chi connectivity index (χ1) is 7.09. The number of carbonyl (C=O) groups is 1. The van der Waals surface area contributed by atoms with E-state index in [1.165, 1.54) is 24.4 Å². The summed E-state index contributed by atoms with van der Waals surface area (Å²) in [7, 11) is 0. The molecule has 15 heavy (non-hydrogen) atoms. The average molecular weight is 205 g/mol. The number of aromatic amines is 1. The number of carbonyl (C=O) groups excluding carboxylic acids is 1. The zero-order chi connectivity index (χ0) is 11.0. The Bertz CT molecular complexity index is 558. The van der Waals surface area contributed by atoms with Crippen molar-refractivity contribution in [3.05, 3.63) is 40.1 Å². The molecule has 0 aliphatic rings. The van der Waals surface area contributed by atoms with Gasteiger partial charge in [-0.2, -0.15) is 0 Å². The third-order valence-electron chi connectivity index (χ3n) is 2.10. The smallest absolute Gasteiger partial charge is 0.271 e. The summed E-state index contributed by atoms with van der Waals surface area (Å²) < 4.78 is 0. The molecule has 1 aromatic carbocycles. The fraction of sp³-hybridized carbons (Fsp3) is 0. The number of carboxylic acids is 1. The van der Waals surface area contributed by atoms with E-state index >= 15 is 0 Å². The maximum Gasteiger partial charge on any atom is 0.271 e. The van der Waals surface area contributed by atoms with E-state index < -0.39 is 10.9 Å². The molecule has 0 fully saturated rings. The number of carboxylic acid groups (broad SMARTS) is 1. The molecule has 0 saturated heterocycles. The highest BCUT2D eigenvalue weighted by Gasteiger charge is 2.09. The Morgan fingerprint density at radius 3 is 2.73 bits per heavy atom. The molecule has 0 radical (unpaired) electrons. The first kappa shape index (κ1) is 9.20. The number of hydrogen-bond acceptors (Lipinski definition) is 4. The van der Waals surface area contributed by atoms with Crippen LogP contribution in [0.5, 0.6) is 0 Å². The van der Waals surface area contributed by atoms with Crippen LogP contribution in [-0.4, -0.2) is 15.9 Å². The van der Waals surface area contributed by atoms with Gasteiger partial charge in [-0.1, -0.05) is 0 Å². The highest BCUT2D eigenvalue weighted by Crippen LogP contribution is 2.22. The fourth-order valence-corrected chi connectivity index (χ4v) is 1.40. The molecule has 2 rings (SSSR count). The number of nitro groups is 1. The molecule has 1 N–H and O–H groups in total. The van der Waals surface area contributed by atoms with Crippen LogP contribution < -0.4 is 5.11 Å². The van der Waals surface area contributed by atoms with Crippen molar-refractivity contribution in [2.24, 2.45) is 0 Å². The lowest BCUT2D eigenvalue weighted by Gasteiger charge is -1.98. The van der Waals surface area contributed by atoms with Crippen molar-refractivity contribution in [3.8, 4) is 0 Å². The topological polar surface area (TPSA) is 99.1 Å². The van der Waals surface area contributed by atoms with E-state index in [1.54, 1.807) is 0 Å². The predicted octanol–water partition coefficient (Wildman–Crippen LogP) is 0.440. The van der Waals surface area contributed by atoms with Gasteiger partial charge in [-0.25, -0.2) is 0 Å². The lowest BCUT2D eigenvalue weighted by molar-refractivity contribution is -0.384. The first-order valence-corrected chi connectivity index (χ1v) is 4.06. The second-order valence-corrected chi connectivity index (χ2v) is 2.98. The molecule has 0 aliphatic carbocycles. The maximum absolute atomic E-state index is 10.6. The van der Waals surface area contributed by atoms with Crippen LogP contribution in [0.25, 0.3) is 10.9 Å². The molecular formula is C9H5N2O4-. The number of nitro benzene ring substituents is 1. The molecule has 1 aromatic heterocycles. The number of benzene rings is 1. The molecule has 0 amide bonds. The van der Waals surface area contributed by atoms with Crippen LogP contribution in [0.15, 0.2) is 24.4 Å². The highest BCUT2D eigenvalue weighted by atomic mass is 16.6. The Morgan fingerprint density at radius 1 is 1.40 bits per heavy atom. The summed E-state index contributed by atoms with van der Waals surface area (Å²) in [6, 6.07) is 3.92. The lowest BCUT2D eigenvalue weighted by atomic mass is 10.1. The summed E-state index contributed by atoms with van der Waals surface area (Å²) >= 11 is 0. The van der Waals surface area contributed by atoms with Gasteiger partial charge in [-0.05, 0) is 6.07 Å². The van der Waals surface area contributed by atoms with Crippen molar-refractivity contribution < 1.29 is 14.8 Å². The summed E-state index contributed by atoms with van der Waals surface area (Å²) in [5.41, 5.74) is 0.317. The second kappa shape index (κ2) is 3.09. The van der Waals surface area contributed by atoms with Gasteiger partial charge in [0.2, 0.25) is 0 Å². The van der Waals surface area contributed by atoms with Gasteiger partial charge in [0, 0.05) is 29.3 Å². The SMILES string of the molecule is O=C([O-])c1c[nH]c2cc([N+](=O)[O-])ccc12. The minimum Gasteiger partial charge on any atom is -0.545 e. The Kier molecular flexibility index (Phi) is 1.89. The van der Waals surface area contributed by atoms with Gasteiger partial charge < -0.3 is 14.9 Å². The molecule has 1 heterocycles. The van der Waals surface area contributed by atoms with E-state index in [1.807, 2.05) is 0 Å². The molecule has 0 atom stereocenters. The minimum absolute atomic E-state index is 0.0000945. The normalized spacial score (nSPS) is 10.4. The molecule has 6 nitrogen and oxygen atoms in total. The van der Waals surface area contributed by atoms with Gasteiger partial charge in [-0.3, -0.25) is 10.1 Å². The minimum atomic E-state index is -1.31.